The average Bonchev–Trinajstić information content (AvgIpc) is 2.72. The van der Waals surface area contributed by atoms with Crippen LogP contribution in [0.4, 0.5) is 30.5 Å². The summed E-state index contributed by atoms with van der Waals surface area (Å²) in [4.78, 5) is 10.0. The molecule has 0 bridgehead atoms. The molecule has 2 aromatic rings. The van der Waals surface area contributed by atoms with Crippen LogP contribution in [0.25, 0.3) is 0 Å². The quantitative estimate of drug-likeness (QED) is 0.725. The molecule has 3 heterocycles. The van der Waals surface area contributed by atoms with Crippen molar-refractivity contribution in [3.05, 3.63) is 29.8 Å². The summed E-state index contributed by atoms with van der Waals surface area (Å²) in [6, 6.07) is 3.36. The zero-order valence-electron chi connectivity index (χ0n) is 16.4. The van der Waals surface area contributed by atoms with Crippen molar-refractivity contribution in [3.8, 4) is 6.07 Å². The summed E-state index contributed by atoms with van der Waals surface area (Å²) >= 11 is 0. The molecule has 0 unspecified atom stereocenters. The van der Waals surface area contributed by atoms with Crippen molar-refractivity contribution in [2.45, 2.75) is 32.2 Å². The number of nitrogens with zero attached hydrogens (tertiary/aromatic N) is 6. The summed E-state index contributed by atoms with van der Waals surface area (Å²) in [7, 11) is 0. The fourth-order valence-electron chi connectivity index (χ4n) is 2.94. The summed E-state index contributed by atoms with van der Waals surface area (Å²) in [5, 5.41) is 21.2. The fourth-order valence-corrected chi connectivity index (χ4v) is 2.94. The highest BCUT2D eigenvalue weighted by molar-refractivity contribution is 5.60. The van der Waals surface area contributed by atoms with Crippen LogP contribution in [0.2, 0.25) is 0 Å². The van der Waals surface area contributed by atoms with E-state index in [9.17, 15) is 13.2 Å². The summed E-state index contributed by atoms with van der Waals surface area (Å²) in [5.74, 6) is 0.273. The van der Waals surface area contributed by atoms with E-state index in [1.807, 2.05) is 6.07 Å². The van der Waals surface area contributed by atoms with Gasteiger partial charge in [0, 0.05) is 31.7 Å². The van der Waals surface area contributed by atoms with Crippen LogP contribution in [0, 0.1) is 11.3 Å². The predicted octanol–water partition coefficient (Wildman–Crippen LogP) is 2.42. The van der Waals surface area contributed by atoms with Gasteiger partial charge in [0.05, 0.1) is 30.8 Å². The van der Waals surface area contributed by atoms with Gasteiger partial charge < -0.3 is 15.4 Å². The molecule has 0 saturated carbocycles. The number of morpholine rings is 1. The monoisotopic (exact) mass is 422 g/mol. The second kappa shape index (κ2) is 9.19. The van der Waals surface area contributed by atoms with Crippen LogP contribution < -0.4 is 10.6 Å². The van der Waals surface area contributed by atoms with Gasteiger partial charge >= 0.3 is 6.18 Å². The number of hydrogen-bond donors (Lipinski definition) is 2. The van der Waals surface area contributed by atoms with Crippen molar-refractivity contribution in [1.82, 2.24) is 25.1 Å². The zero-order valence-corrected chi connectivity index (χ0v) is 16.4. The zero-order chi connectivity index (χ0) is 21.7. The van der Waals surface area contributed by atoms with Gasteiger partial charge in [0.15, 0.2) is 17.2 Å². The van der Waals surface area contributed by atoms with Gasteiger partial charge in [-0.15, -0.1) is 10.2 Å². The minimum Gasteiger partial charge on any atom is -0.380 e. The lowest BCUT2D eigenvalue weighted by atomic mass is 10.2. The molecule has 2 N–H and O–H groups in total. The van der Waals surface area contributed by atoms with Crippen LogP contribution in [-0.4, -0.2) is 63.5 Å². The third-order valence-corrected chi connectivity index (χ3v) is 4.51. The third-order valence-electron chi connectivity index (χ3n) is 4.51. The van der Waals surface area contributed by atoms with Crippen molar-refractivity contribution >= 4 is 17.3 Å². The topological polar surface area (TPSA) is 112 Å². The van der Waals surface area contributed by atoms with E-state index in [1.54, 1.807) is 0 Å². The second-order valence-corrected chi connectivity index (χ2v) is 6.98. The number of halogens is 3. The maximum Gasteiger partial charge on any atom is 0.437 e. The van der Waals surface area contributed by atoms with Crippen LogP contribution in [-0.2, 0) is 10.9 Å². The van der Waals surface area contributed by atoms with Crippen LogP contribution in [0.15, 0.2) is 18.5 Å². The molecule has 3 rings (SSSR count). The Morgan fingerprint density at radius 3 is 2.70 bits per heavy atom. The Hall–Kier alpha value is -3.04. The number of rotatable bonds is 6. The lowest BCUT2D eigenvalue weighted by molar-refractivity contribution is -0.141. The maximum absolute atomic E-state index is 13.4. The van der Waals surface area contributed by atoms with E-state index in [2.05, 4.69) is 49.5 Å². The number of anilines is 3. The Morgan fingerprint density at radius 1 is 1.27 bits per heavy atom. The molecule has 0 spiro atoms. The van der Waals surface area contributed by atoms with Crippen molar-refractivity contribution in [2.75, 3.05) is 36.9 Å². The van der Waals surface area contributed by atoms with Crippen molar-refractivity contribution in [2.24, 2.45) is 0 Å². The van der Waals surface area contributed by atoms with Gasteiger partial charge in [-0.25, -0.2) is 9.97 Å². The van der Waals surface area contributed by atoms with E-state index < -0.39 is 11.9 Å². The van der Waals surface area contributed by atoms with Gasteiger partial charge in [0.1, 0.15) is 11.9 Å². The molecule has 12 heteroatoms. The van der Waals surface area contributed by atoms with E-state index in [1.165, 1.54) is 18.5 Å². The Labute approximate surface area is 171 Å². The van der Waals surface area contributed by atoms with Crippen LogP contribution in [0.5, 0.6) is 0 Å². The highest BCUT2D eigenvalue weighted by Crippen LogP contribution is 2.34. The molecule has 1 aliphatic heterocycles. The summed E-state index contributed by atoms with van der Waals surface area (Å²) in [6.45, 7) is 6.25. The molecular formula is C18H21F3N8O. The van der Waals surface area contributed by atoms with E-state index >= 15 is 0 Å². The van der Waals surface area contributed by atoms with Crippen LogP contribution in [0.3, 0.4) is 0 Å². The molecule has 30 heavy (non-hydrogen) atoms. The molecule has 1 aliphatic rings. The SMILES string of the molecule is CC(C)N1CCO[C@@H](CNc2cc(Nc3cnc(C#N)cn3)nnc2C(F)(F)F)C1. The molecule has 1 fully saturated rings. The standard InChI is InChI=1S/C18H21F3N8O/c1-11(2)29-3-4-30-13(10-29)8-24-14-5-15(27-28-17(14)18(19,20)21)26-16-9-23-12(6-22)7-25-16/h5,7,9,11,13H,3-4,8,10H2,1-2H3,(H2,24,25,26,27)/t13-/m0/s1. The highest BCUT2D eigenvalue weighted by Gasteiger charge is 2.37. The second-order valence-electron chi connectivity index (χ2n) is 6.98. The molecule has 0 aliphatic carbocycles. The Balaban J connectivity index is 1.75. The van der Waals surface area contributed by atoms with Gasteiger partial charge in [-0.05, 0) is 13.8 Å². The van der Waals surface area contributed by atoms with Crippen molar-refractivity contribution in [3.63, 3.8) is 0 Å². The third kappa shape index (κ3) is 5.52. The van der Waals surface area contributed by atoms with Gasteiger partial charge in [-0.1, -0.05) is 0 Å². The molecule has 1 saturated heterocycles. The first kappa shape index (κ1) is 21.7. The van der Waals surface area contributed by atoms with Crippen LogP contribution in [0.1, 0.15) is 25.2 Å². The largest absolute Gasteiger partial charge is 0.437 e. The predicted molar refractivity (Wildman–Crippen MR) is 102 cm³/mol. The summed E-state index contributed by atoms with van der Waals surface area (Å²) < 4.78 is 45.8. The van der Waals surface area contributed by atoms with E-state index in [0.29, 0.717) is 19.2 Å². The van der Waals surface area contributed by atoms with Gasteiger partial charge in [0.2, 0.25) is 0 Å². The van der Waals surface area contributed by atoms with Gasteiger partial charge in [-0.2, -0.15) is 18.4 Å². The van der Waals surface area contributed by atoms with Crippen molar-refractivity contribution < 1.29 is 17.9 Å². The molecule has 1 atom stereocenters. The van der Waals surface area contributed by atoms with E-state index in [0.717, 1.165) is 6.54 Å². The van der Waals surface area contributed by atoms with Gasteiger partial charge in [0.25, 0.3) is 0 Å². The molecule has 0 amide bonds. The number of alkyl halides is 3. The van der Waals surface area contributed by atoms with Crippen LogP contribution >= 0.6 is 0 Å². The Morgan fingerprint density at radius 2 is 2.07 bits per heavy atom. The number of ether oxygens (including phenoxy) is 1. The normalized spacial score (nSPS) is 17.6. The highest BCUT2D eigenvalue weighted by atomic mass is 19.4. The van der Waals surface area contributed by atoms with Gasteiger partial charge in [-0.3, -0.25) is 4.90 Å². The maximum atomic E-state index is 13.4. The number of nitrogens with one attached hydrogen (secondary N) is 2. The molecular weight excluding hydrogens is 401 g/mol. The first-order valence-corrected chi connectivity index (χ1v) is 9.30. The number of nitriles is 1. The molecule has 9 nitrogen and oxygen atoms in total. The Kier molecular flexibility index (Phi) is 6.63. The van der Waals surface area contributed by atoms with E-state index in [4.69, 9.17) is 10.00 Å². The molecule has 2 aromatic heterocycles. The molecule has 0 radical (unpaired) electrons. The lowest BCUT2D eigenvalue weighted by Gasteiger charge is -2.35. The minimum atomic E-state index is -4.67. The fraction of sp³-hybridized carbons (Fsp3) is 0.500. The first-order valence-electron chi connectivity index (χ1n) is 9.30. The lowest BCUT2D eigenvalue weighted by Crippen LogP contribution is -2.48. The first-order chi connectivity index (χ1) is 14.3. The molecule has 160 valence electrons. The number of hydrogen-bond acceptors (Lipinski definition) is 9. The van der Waals surface area contributed by atoms with E-state index in [-0.39, 0.29) is 35.7 Å². The average molecular weight is 422 g/mol. The summed E-state index contributed by atoms with van der Waals surface area (Å²) in [5.41, 5.74) is -1.22. The Bertz CT molecular complexity index is 898. The minimum absolute atomic E-state index is 0.0536. The smallest absolute Gasteiger partial charge is 0.380 e. The molecule has 0 aromatic carbocycles. The number of aromatic nitrogens is 4. The summed E-state index contributed by atoms with van der Waals surface area (Å²) in [6.07, 6.45) is -2.41. The van der Waals surface area contributed by atoms with Crippen molar-refractivity contribution in [1.29, 1.82) is 5.26 Å².